The second kappa shape index (κ2) is 10.1. The number of amides is 1. The van der Waals surface area contributed by atoms with Crippen LogP contribution in [-0.4, -0.2) is 29.7 Å². The van der Waals surface area contributed by atoms with Crippen molar-refractivity contribution in [3.8, 4) is 17.2 Å². The minimum Gasteiger partial charge on any atom is -0.497 e. The molecule has 1 aromatic heterocycles. The van der Waals surface area contributed by atoms with Gasteiger partial charge in [0.25, 0.3) is 0 Å². The van der Waals surface area contributed by atoms with Crippen LogP contribution in [0.15, 0.2) is 96.4 Å². The fourth-order valence-corrected chi connectivity index (χ4v) is 4.32. The van der Waals surface area contributed by atoms with Crippen LogP contribution in [0.5, 0.6) is 11.5 Å². The zero-order chi connectivity index (χ0) is 22.3. The lowest BCUT2D eigenvalue weighted by atomic mass is 10.1. The Morgan fingerprint density at radius 2 is 1.66 bits per heavy atom. The zero-order valence-electron chi connectivity index (χ0n) is 17.8. The van der Waals surface area contributed by atoms with Gasteiger partial charge in [0, 0.05) is 30.2 Å². The Morgan fingerprint density at radius 3 is 2.41 bits per heavy atom. The highest BCUT2D eigenvalue weighted by atomic mass is 32.2. The highest BCUT2D eigenvalue weighted by Crippen LogP contribution is 2.37. The third-order valence-electron chi connectivity index (χ3n) is 4.84. The molecule has 1 heterocycles. The van der Waals surface area contributed by atoms with E-state index in [1.54, 1.807) is 26.5 Å². The SMILES string of the molecule is COc1cccc(NC(=O)C(Sc2nccn2-c2cccc(OC)c2)c2ccccc2)c1. The van der Waals surface area contributed by atoms with E-state index >= 15 is 0 Å². The van der Waals surface area contributed by atoms with Gasteiger partial charge in [0.2, 0.25) is 5.91 Å². The smallest absolute Gasteiger partial charge is 0.242 e. The number of hydrogen-bond donors (Lipinski definition) is 1. The normalized spacial score (nSPS) is 11.6. The summed E-state index contributed by atoms with van der Waals surface area (Å²) in [5.41, 5.74) is 2.47. The van der Waals surface area contributed by atoms with Gasteiger partial charge in [-0.1, -0.05) is 54.2 Å². The van der Waals surface area contributed by atoms with E-state index in [9.17, 15) is 4.79 Å². The molecule has 1 unspecified atom stereocenters. The number of anilines is 1. The fourth-order valence-electron chi connectivity index (χ4n) is 3.25. The molecule has 6 nitrogen and oxygen atoms in total. The van der Waals surface area contributed by atoms with Crippen molar-refractivity contribution in [3.05, 3.63) is 96.8 Å². The summed E-state index contributed by atoms with van der Waals surface area (Å²) >= 11 is 1.39. The van der Waals surface area contributed by atoms with Gasteiger partial charge in [-0.25, -0.2) is 4.98 Å². The minimum absolute atomic E-state index is 0.144. The van der Waals surface area contributed by atoms with Crippen LogP contribution >= 0.6 is 11.8 Å². The number of nitrogens with zero attached hydrogens (tertiary/aromatic N) is 2. The number of benzene rings is 3. The van der Waals surface area contributed by atoms with Crippen LogP contribution in [-0.2, 0) is 4.79 Å². The standard InChI is InChI=1S/C25H23N3O3S/c1-30-21-12-6-10-19(16-21)27-24(29)23(18-8-4-3-5-9-18)32-25-26-14-15-28(25)20-11-7-13-22(17-20)31-2/h3-17,23H,1-2H3,(H,27,29). The van der Waals surface area contributed by atoms with E-state index in [1.807, 2.05) is 83.6 Å². The molecule has 1 amide bonds. The zero-order valence-corrected chi connectivity index (χ0v) is 18.6. The number of methoxy groups -OCH3 is 2. The summed E-state index contributed by atoms with van der Waals surface area (Å²) in [4.78, 5) is 17.9. The van der Waals surface area contributed by atoms with Crippen LogP contribution in [0.3, 0.4) is 0 Å². The predicted molar refractivity (Wildman–Crippen MR) is 127 cm³/mol. The summed E-state index contributed by atoms with van der Waals surface area (Å²) in [5, 5.41) is 3.20. The van der Waals surface area contributed by atoms with Crippen molar-refractivity contribution in [2.24, 2.45) is 0 Å². The van der Waals surface area contributed by atoms with E-state index in [1.165, 1.54) is 11.8 Å². The van der Waals surface area contributed by atoms with Gasteiger partial charge in [-0.15, -0.1) is 0 Å². The first-order valence-electron chi connectivity index (χ1n) is 10.0. The van der Waals surface area contributed by atoms with Crippen molar-refractivity contribution in [2.45, 2.75) is 10.4 Å². The Kier molecular flexibility index (Phi) is 6.77. The number of hydrogen-bond acceptors (Lipinski definition) is 5. The van der Waals surface area contributed by atoms with Crippen molar-refractivity contribution >= 4 is 23.4 Å². The number of rotatable bonds is 8. The molecule has 0 saturated heterocycles. The van der Waals surface area contributed by atoms with Gasteiger partial charge < -0.3 is 14.8 Å². The van der Waals surface area contributed by atoms with E-state index in [-0.39, 0.29) is 5.91 Å². The van der Waals surface area contributed by atoms with E-state index in [2.05, 4.69) is 10.3 Å². The minimum atomic E-state index is -0.505. The first-order valence-corrected chi connectivity index (χ1v) is 10.9. The van der Waals surface area contributed by atoms with Crippen LogP contribution in [0.1, 0.15) is 10.8 Å². The van der Waals surface area contributed by atoms with Gasteiger partial charge in [0.1, 0.15) is 16.7 Å². The van der Waals surface area contributed by atoms with Crippen LogP contribution < -0.4 is 14.8 Å². The van der Waals surface area contributed by atoms with Crippen molar-refractivity contribution in [3.63, 3.8) is 0 Å². The molecule has 0 spiro atoms. The maximum Gasteiger partial charge on any atom is 0.242 e. The largest absolute Gasteiger partial charge is 0.497 e. The van der Waals surface area contributed by atoms with Crippen molar-refractivity contribution in [1.82, 2.24) is 9.55 Å². The van der Waals surface area contributed by atoms with Crippen LogP contribution in [0.2, 0.25) is 0 Å². The lowest BCUT2D eigenvalue weighted by molar-refractivity contribution is -0.115. The molecule has 162 valence electrons. The maximum atomic E-state index is 13.4. The number of carbonyl (C=O) groups is 1. The molecule has 1 N–H and O–H groups in total. The Bertz CT molecular complexity index is 1190. The summed E-state index contributed by atoms with van der Waals surface area (Å²) in [7, 11) is 3.24. The molecule has 3 aromatic carbocycles. The molecular formula is C25H23N3O3S. The quantitative estimate of drug-likeness (QED) is 0.370. The van der Waals surface area contributed by atoms with Crippen LogP contribution in [0, 0.1) is 0 Å². The topological polar surface area (TPSA) is 65.4 Å². The number of thioether (sulfide) groups is 1. The highest BCUT2D eigenvalue weighted by Gasteiger charge is 2.24. The lowest BCUT2D eigenvalue weighted by Gasteiger charge is -2.18. The third kappa shape index (κ3) is 4.95. The number of imidazole rings is 1. The molecule has 0 aliphatic carbocycles. The Balaban J connectivity index is 1.64. The maximum absolute atomic E-state index is 13.4. The average molecular weight is 446 g/mol. The number of carbonyl (C=O) groups excluding carboxylic acids is 1. The summed E-state index contributed by atoms with van der Waals surface area (Å²) in [6.45, 7) is 0. The Hall–Kier alpha value is -3.71. The summed E-state index contributed by atoms with van der Waals surface area (Å²) < 4.78 is 12.6. The first-order chi connectivity index (χ1) is 15.7. The van der Waals surface area contributed by atoms with Crippen molar-refractivity contribution < 1.29 is 14.3 Å². The Labute approximate surface area is 191 Å². The molecule has 4 rings (SSSR count). The average Bonchev–Trinajstić information content (AvgIpc) is 3.31. The predicted octanol–water partition coefficient (Wildman–Crippen LogP) is 5.36. The van der Waals surface area contributed by atoms with E-state index < -0.39 is 5.25 Å². The molecule has 32 heavy (non-hydrogen) atoms. The van der Waals surface area contributed by atoms with Gasteiger partial charge in [0.15, 0.2) is 5.16 Å². The van der Waals surface area contributed by atoms with E-state index in [0.29, 0.717) is 16.6 Å². The van der Waals surface area contributed by atoms with Gasteiger partial charge >= 0.3 is 0 Å². The first kappa shape index (κ1) is 21.5. The van der Waals surface area contributed by atoms with E-state index in [4.69, 9.17) is 9.47 Å². The second-order valence-electron chi connectivity index (χ2n) is 6.91. The van der Waals surface area contributed by atoms with Crippen molar-refractivity contribution in [2.75, 3.05) is 19.5 Å². The number of nitrogens with one attached hydrogen (secondary N) is 1. The molecule has 7 heteroatoms. The molecule has 0 saturated carbocycles. The van der Waals surface area contributed by atoms with Crippen LogP contribution in [0.25, 0.3) is 5.69 Å². The third-order valence-corrected chi connectivity index (χ3v) is 6.07. The van der Waals surface area contributed by atoms with Gasteiger partial charge in [-0.2, -0.15) is 0 Å². The van der Waals surface area contributed by atoms with E-state index in [0.717, 1.165) is 17.0 Å². The number of ether oxygens (including phenoxy) is 2. The molecular weight excluding hydrogens is 422 g/mol. The molecule has 0 bridgehead atoms. The fraction of sp³-hybridized carbons (Fsp3) is 0.120. The molecule has 0 radical (unpaired) electrons. The Morgan fingerprint density at radius 1 is 0.938 bits per heavy atom. The summed E-state index contributed by atoms with van der Waals surface area (Å²) in [6, 6.07) is 24.7. The lowest BCUT2D eigenvalue weighted by Crippen LogP contribution is -2.19. The summed E-state index contributed by atoms with van der Waals surface area (Å²) in [5.74, 6) is 1.29. The number of aromatic nitrogens is 2. The molecule has 1 atom stereocenters. The molecule has 4 aromatic rings. The van der Waals surface area contributed by atoms with Crippen molar-refractivity contribution in [1.29, 1.82) is 0 Å². The van der Waals surface area contributed by atoms with Crippen LogP contribution in [0.4, 0.5) is 5.69 Å². The molecule has 0 aliphatic heterocycles. The molecule has 0 fully saturated rings. The monoisotopic (exact) mass is 445 g/mol. The van der Waals surface area contributed by atoms with Gasteiger partial charge in [-0.3, -0.25) is 9.36 Å². The van der Waals surface area contributed by atoms with Gasteiger partial charge in [-0.05, 0) is 29.8 Å². The van der Waals surface area contributed by atoms with Gasteiger partial charge in [0.05, 0.1) is 19.9 Å². The highest BCUT2D eigenvalue weighted by molar-refractivity contribution is 8.00. The molecule has 0 aliphatic rings. The summed E-state index contributed by atoms with van der Waals surface area (Å²) in [6.07, 6.45) is 3.60. The second-order valence-corrected chi connectivity index (χ2v) is 7.98.